The van der Waals surface area contributed by atoms with Gasteiger partial charge in [-0.3, -0.25) is 19.3 Å². The summed E-state index contributed by atoms with van der Waals surface area (Å²) in [6, 6.07) is 21.0. The maximum atomic E-state index is 13.1. The first-order chi connectivity index (χ1) is 14.6. The Balaban J connectivity index is 1.90. The first-order valence-corrected chi connectivity index (χ1v) is 9.87. The Bertz CT molecular complexity index is 1040. The van der Waals surface area contributed by atoms with Gasteiger partial charge in [0.15, 0.2) is 11.4 Å². The fourth-order valence-corrected chi connectivity index (χ4v) is 3.82. The summed E-state index contributed by atoms with van der Waals surface area (Å²) in [7, 11) is 1.82. The number of nitrogens with zero attached hydrogens (tertiary/aromatic N) is 3. The molecule has 0 radical (unpaired) electrons. The molecule has 7 heteroatoms. The van der Waals surface area contributed by atoms with Crippen molar-refractivity contribution in [2.75, 3.05) is 31.8 Å². The standard InChI is InChI=1S/C23H24N4O3/c1-24-13-15-25-16-27(26-14-12-19(28)22(29)21(26)23(25)30)20(17-8-4-2-5-9-17)18-10-6-3-7-11-18/h2-12,14,20,24,29H,13,15-16H2,1H3. The van der Waals surface area contributed by atoms with Crippen LogP contribution in [-0.2, 0) is 0 Å². The third-order valence-corrected chi connectivity index (χ3v) is 5.30. The molecule has 3 aromatic rings. The summed E-state index contributed by atoms with van der Waals surface area (Å²) in [5.74, 6) is -0.891. The van der Waals surface area contributed by atoms with Gasteiger partial charge in [-0.25, -0.2) is 0 Å². The molecule has 154 valence electrons. The number of benzene rings is 2. The molecular formula is C23H24N4O3. The van der Waals surface area contributed by atoms with E-state index in [-0.39, 0.29) is 17.6 Å². The molecule has 1 aliphatic rings. The number of rotatable bonds is 6. The second kappa shape index (κ2) is 8.42. The largest absolute Gasteiger partial charge is 0.502 e. The van der Waals surface area contributed by atoms with Gasteiger partial charge in [-0.15, -0.1) is 0 Å². The first-order valence-electron chi connectivity index (χ1n) is 9.87. The van der Waals surface area contributed by atoms with Crippen molar-refractivity contribution < 1.29 is 9.90 Å². The van der Waals surface area contributed by atoms with Crippen LogP contribution >= 0.6 is 0 Å². The Kier molecular flexibility index (Phi) is 5.54. The lowest BCUT2D eigenvalue weighted by Crippen LogP contribution is -2.56. The van der Waals surface area contributed by atoms with E-state index in [4.69, 9.17) is 0 Å². The van der Waals surface area contributed by atoms with Crippen LogP contribution in [0.5, 0.6) is 5.75 Å². The third kappa shape index (κ3) is 3.55. The fraction of sp³-hybridized carbons (Fsp3) is 0.217. The Hall–Kier alpha value is -3.58. The van der Waals surface area contributed by atoms with Gasteiger partial charge >= 0.3 is 0 Å². The summed E-state index contributed by atoms with van der Waals surface area (Å²) in [4.78, 5) is 26.8. The van der Waals surface area contributed by atoms with Gasteiger partial charge in [-0.05, 0) is 18.2 Å². The molecule has 0 unspecified atom stereocenters. The molecule has 1 aliphatic heterocycles. The molecule has 2 aromatic carbocycles. The maximum absolute atomic E-state index is 13.1. The monoisotopic (exact) mass is 404 g/mol. The van der Waals surface area contributed by atoms with Crippen LogP contribution < -0.4 is 15.8 Å². The maximum Gasteiger partial charge on any atom is 0.277 e. The van der Waals surface area contributed by atoms with Crippen molar-refractivity contribution in [1.29, 1.82) is 0 Å². The van der Waals surface area contributed by atoms with Crippen LogP contribution in [0, 0.1) is 0 Å². The Morgan fingerprint density at radius 3 is 2.13 bits per heavy atom. The van der Waals surface area contributed by atoms with Crippen LogP contribution in [-0.4, -0.2) is 47.4 Å². The molecule has 4 rings (SSSR count). The summed E-state index contributed by atoms with van der Waals surface area (Å²) >= 11 is 0. The number of fused-ring (bicyclic) bond motifs is 1. The molecule has 7 nitrogen and oxygen atoms in total. The number of likely N-dealkylation sites (N-methyl/N-ethyl adjacent to an activating group) is 1. The van der Waals surface area contributed by atoms with Crippen molar-refractivity contribution >= 4 is 5.91 Å². The van der Waals surface area contributed by atoms with Crippen LogP contribution in [0.3, 0.4) is 0 Å². The molecule has 0 spiro atoms. The minimum Gasteiger partial charge on any atom is -0.502 e. The van der Waals surface area contributed by atoms with Crippen LogP contribution in [0.25, 0.3) is 0 Å². The number of hydrogen-bond acceptors (Lipinski definition) is 5. The predicted molar refractivity (Wildman–Crippen MR) is 115 cm³/mol. The smallest absolute Gasteiger partial charge is 0.277 e. The van der Waals surface area contributed by atoms with Crippen LogP contribution in [0.1, 0.15) is 27.7 Å². The molecular weight excluding hydrogens is 380 g/mol. The fourth-order valence-electron chi connectivity index (χ4n) is 3.82. The van der Waals surface area contributed by atoms with Crippen LogP contribution in [0.15, 0.2) is 77.7 Å². The minimum atomic E-state index is -0.569. The van der Waals surface area contributed by atoms with Gasteiger partial charge in [0.25, 0.3) is 5.91 Å². The van der Waals surface area contributed by atoms with E-state index in [0.717, 1.165) is 11.1 Å². The number of pyridine rings is 1. The van der Waals surface area contributed by atoms with Gasteiger partial charge in [0.05, 0.1) is 6.04 Å². The quantitative estimate of drug-likeness (QED) is 0.656. The van der Waals surface area contributed by atoms with E-state index < -0.39 is 11.2 Å². The van der Waals surface area contributed by atoms with E-state index >= 15 is 0 Å². The lowest BCUT2D eigenvalue weighted by Gasteiger charge is -2.44. The summed E-state index contributed by atoms with van der Waals surface area (Å²) in [6.45, 7) is 1.35. The van der Waals surface area contributed by atoms with Crippen molar-refractivity contribution in [2.45, 2.75) is 6.04 Å². The average Bonchev–Trinajstić information content (AvgIpc) is 2.78. The normalized spacial score (nSPS) is 13.6. The van der Waals surface area contributed by atoms with Gasteiger partial charge < -0.3 is 15.3 Å². The van der Waals surface area contributed by atoms with Crippen molar-refractivity contribution in [1.82, 2.24) is 14.9 Å². The van der Waals surface area contributed by atoms with E-state index in [1.807, 2.05) is 72.7 Å². The van der Waals surface area contributed by atoms with Gasteiger partial charge in [0, 0.05) is 25.4 Å². The molecule has 2 heterocycles. The first kappa shape index (κ1) is 19.7. The number of carbonyl (C=O) groups is 1. The van der Waals surface area contributed by atoms with Crippen LogP contribution in [0.2, 0.25) is 0 Å². The molecule has 2 N–H and O–H groups in total. The van der Waals surface area contributed by atoms with Crippen molar-refractivity contribution in [3.8, 4) is 5.75 Å². The Morgan fingerprint density at radius 1 is 0.967 bits per heavy atom. The van der Waals surface area contributed by atoms with E-state index in [9.17, 15) is 14.7 Å². The van der Waals surface area contributed by atoms with Crippen molar-refractivity contribution in [3.63, 3.8) is 0 Å². The molecule has 0 fully saturated rings. The van der Waals surface area contributed by atoms with Crippen LogP contribution in [0.4, 0.5) is 0 Å². The van der Waals surface area contributed by atoms with Gasteiger partial charge in [-0.1, -0.05) is 60.7 Å². The van der Waals surface area contributed by atoms with Crippen molar-refractivity contribution in [2.24, 2.45) is 0 Å². The predicted octanol–water partition coefficient (Wildman–Crippen LogP) is 1.91. The molecule has 0 atom stereocenters. The van der Waals surface area contributed by atoms with Gasteiger partial charge in [0.2, 0.25) is 5.43 Å². The molecule has 0 saturated carbocycles. The number of aromatic nitrogens is 1. The molecule has 1 aromatic heterocycles. The summed E-state index contributed by atoms with van der Waals surface area (Å²) in [5.41, 5.74) is 1.49. The lowest BCUT2D eigenvalue weighted by molar-refractivity contribution is 0.0682. The topological polar surface area (TPSA) is 77.8 Å². The number of carbonyl (C=O) groups excluding carboxylic acids is 1. The highest BCUT2D eigenvalue weighted by molar-refractivity contribution is 5.96. The molecule has 30 heavy (non-hydrogen) atoms. The zero-order valence-corrected chi connectivity index (χ0v) is 16.7. The Labute approximate surface area is 174 Å². The summed E-state index contributed by atoms with van der Waals surface area (Å²) in [6.07, 6.45) is 1.56. The number of aromatic hydroxyl groups is 1. The number of nitrogens with one attached hydrogen (secondary N) is 1. The van der Waals surface area contributed by atoms with Crippen molar-refractivity contribution in [3.05, 3.63) is 100.0 Å². The highest BCUT2D eigenvalue weighted by Crippen LogP contribution is 2.31. The average molecular weight is 404 g/mol. The highest BCUT2D eigenvalue weighted by Gasteiger charge is 2.36. The van der Waals surface area contributed by atoms with Gasteiger partial charge in [-0.2, -0.15) is 0 Å². The van der Waals surface area contributed by atoms with E-state index in [1.54, 1.807) is 15.8 Å². The zero-order valence-electron chi connectivity index (χ0n) is 16.7. The summed E-state index contributed by atoms with van der Waals surface area (Å²) in [5, 5.41) is 15.5. The minimum absolute atomic E-state index is 0.0123. The highest BCUT2D eigenvalue weighted by atomic mass is 16.3. The van der Waals surface area contributed by atoms with Gasteiger partial charge in [0.1, 0.15) is 6.67 Å². The molecule has 0 bridgehead atoms. The number of amides is 1. The number of hydrogen-bond donors (Lipinski definition) is 2. The van der Waals surface area contributed by atoms with E-state index in [1.165, 1.54) is 6.07 Å². The van der Waals surface area contributed by atoms with E-state index in [2.05, 4.69) is 5.32 Å². The molecule has 0 saturated heterocycles. The molecule has 0 aliphatic carbocycles. The SMILES string of the molecule is CNCCN1CN(C(c2ccccc2)c2ccccc2)n2ccc(=O)c(O)c2C1=O. The lowest BCUT2D eigenvalue weighted by atomic mass is 9.98. The third-order valence-electron chi connectivity index (χ3n) is 5.30. The summed E-state index contributed by atoms with van der Waals surface area (Å²) < 4.78 is 1.61. The zero-order chi connectivity index (χ0) is 21.1. The van der Waals surface area contributed by atoms with E-state index in [0.29, 0.717) is 19.8 Å². The Morgan fingerprint density at radius 2 is 1.57 bits per heavy atom. The second-order valence-electron chi connectivity index (χ2n) is 7.20. The second-order valence-corrected chi connectivity index (χ2v) is 7.20. The molecule has 1 amide bonds.